The van der Waals surface area contributed by atoms with Crippen LogP contribution in [-0.2, 0) is 0 Å². The molecule has 0 amide bonds. The van der Waals surface area contributed by atoms with Crippen LogP contribution in [0.2, 0.25) is 0 Å². The largest absolute Gasteiger partial charge is 0.456 e. The summed E-state index contributed by atoms with van der Waals surface area (Å²) in [5, 5.41) is 2.69. The van der Waals surface area contributed by atoms with E-state index in [1.807, 2.05) is 0 Å². The van der Waals surface area contributed by atoms with Crippen LogP contribution in [0.3, 0.4) is 0 Å². The van der Waals surface area contributed by atoms with Crippen LogP contribution in [0.5, 0.6) is 0 Å². The highest BCUT2D eigenvalue weighted by Gasteiger charge is 2.42. The number of para-hydroxylation sites is 1. The molecule has 1 unspecified atom stereocenters. The summed E-state index contributed by atoms with van der Waals surface area (Å²) in [5.74, 6) is -0.985. The monoisotopic (exact) mass is 275 g/mol. The van der Waals surface area contributed by atoms with E-state index < -0.39 is 18.0 Å². The standard InChI is InChI=1S/C13H13F4NO/c1-2-6-18-12(13(15,16)17)10-7-8-4-3-5-9(14)11(8)19-10/h3-5,7,12,18H,2,6H2,1H3. The van der Waals surface area contributed by atoms with E-state index in [1.54, 1.807) is 6.92 Å². The van der Waals surface area contributed by atoms with Gasteiger partial charge in [-0.25, -0.2) is 4.39 Å². The van der Waals surface area contributed by atoms with E-state index in [2.05, 4.69) is 5.32 Å². The Bertz CT molecular complexity index is 561. The first-order chi connectivity index (χ1) is 8.93. The second-order valence-corrected chi connectivity index (χ2v) is 4.24. The van der Waals surface area contributed by atoms with Crippen LogP contribution >= 0.6 is 0 Å². The fraction of sp³-hybridized carbons (Fsp3) is 0.385. The fourth-order valence-corrected chi connectivity index (χ4v) is 1.86. The fourth-order valence-electron chi connectivity index (χ4n) is 1.86. The van der Waals surface area contributed by atoms with Crippen LogP contribution in [0.4, 0.5) is 17.6 Å². The zero-order valence-corrected chi connectivity index (χ0v) is 10.2. The molecular formula is C13H13F4NO. The van der Waals surface area contributed by atoms with Crippen molar-refractivity contribution in [2.75, 3.05) is 6.54 Å². The van der Waals surface area contributed by atoms with Gasteiger partial charge in [-0.3, -0.25) is 5.32 Å². The molecule has 1 atom stereocenters. The SMILES string of the molecule is CCCNC(c1cc2cccc(F)c2o1)C(F)(F)F. The van der Waals surface area contributed by atoms with Crippen molar-refractivity contribution < 1.29 is 22.0 Å². The third-order valence-corrected chi connectivity index (χ3v) is 2.73. The average molecular weight is 275 g/mol. The van der Waals surface area contributed by atoms with Gasteiger partial charge in [0.15, 0.2) is 17.4 Å². The molecule has 0 fully saturated rings. The third-order valence-electron chi connectivity index (χ3n) is 2.73. The molecule has 1 heterocycles. The molecule has 104 valence electrons. The molecule has 2 rings (SSSR count). The van der Waals surface area contributed by atoms with Crippen LogP contribution in [0.25, 0.3) is 11.0 Å². The molecule has 0 bridgehead atoms. The first-order valence-corrected chi connectivity index (χ1v) is 5.91. The lowest BCUT2D eigenvalue weighted by Crippen LogP contribution is -2.34. The molecular weight excluding hydrogens is 262 g/mol. The maximum absolute atomic E-state index is 13.4. The minimum atomic E-state index is -4.49. The van der Waals surface area contributed by atoms with Crippen LogP contribution in [0.15, 0.2) is 28.7 Å². The molecule has 1 N–H and O–H groups in total. The van der Waals surface area contributed by atoms with E-state index >= 15 is 0 Å². The van der Waals surface area contributed by atoms with E-state index in [-0.39, 0.29) is 17.9 Å². The highest BCUT2D eigenvalue weighted by Crippen LogP contribution is 2.35. The Morgan fingerprint density at radius 2 is 2.05 bits per heavy atom. The Morgan fingerprint density at radius 1 is 1.32 bits per heavy atom. The predicted octanol–water partition coefficient (Wildman–Crippen LogP) is 4.17. The number of benzene rings is 1. The summed E-state index contributed by atoms with van der Waals surface area (Å²) in [6.45, 7) is 1.96. The zero-order valence-electron chi connectivity index (χ0n) is 10.2. The van der Waals surface area contributed by atoms with Crippen LogP contribution in [-0.4, -0.2) is 12.7 Å². The molecule has 0 aliphatic carbocycles. The maximum Gasteiger partial charge on any atom is 0.410 e. The first kappa shape index (κ1) is 13.9. The quantitative estimate of drug-likeness (QED) is 0.847. The first-order valence-electron chi connectivity index (χ1n) is 5.91. The average Bonchev–Trinajstić information content (AvgIpc) is 2.73. The summed E-state index contributed by atoms with van der Waals surface area (Å²) in [7, 11) is 0. The number of hydrogen-bond acceptors (Lipinski definition) is 2. The van der Waals surface area contributed by atoms with Crippen LogP contribution in [0, 0.1) is 5.82 Å². The van der Waals surface area contributed by atoms with Crippen LogP contribution in [0.1, 0.15) is 25.1 Å². The predicted molar refractivity (Wildman–Crippen MR) is 63.3 cm³/mol. The maximum atomic E-state index is 13.4. The van der Waals surface area contributed by atoms with Crippen molar-refractivity contribution >= 4 is 11.0 Å². The van der Waals surface area contributed by atoms with E-state index in [0.717, 1.165) is 6.07 Å². The molecule has 0 radical (unpaired) electrons. The van der Waals surface area contributed by atoms with E-state index in [9.17, 15) is 17.6 Å². The van der Waals surface area contributed by atoms with Gasteiger partial charge in [0.05, 0.1) is 0 Å². The molecule has 2 nitrogen and oxygen atoms in total. The molecule has 0 saturated heterocycles. The van der Waals surface area contributed by atoms with E-state index in [4.69, 9.17) is 4.42 Å². The van der Waals surface area contributed by atoms with E-state index in [0.29, 0.717) is 11.8 Å². The molecule has 19 heavy (non-hydrogen) atoms. The Kier molecular flexibility index (Phi) is 3.80. The van der Waals surface area contributed by atoms with Gasteiger partial charge in [0.2, 0.25) is 0 Å². The lowest BCUT2D eigenvalue weighted by Gasteiger charge is -2.19. The summed E-state index contributed by atoms with van der Waals surface area (Å²) in [6, 6.07) is 3.40. The molecule has 6 heteroatoms. The van der Waals surface area contributed by atoms with Crippen molar-refractivity contribution in [3.8, 4) is 0 Å². The number of furan rings is 1. The smallest absolute Gasteiger partial charge is 0.410 e. The minimum absolute atomic E-state index is 0.148. The van der Waals surface area contributed by atoms with Crippen molar-refractivity contribution in [1.82, 2.24) is 5.32 Å². The Morgan fingerprint density at radius 3 is 2.63 bits per heavy atom. The van der Waals surface area contributed by atoms with Crippen molar-refractivity contribution in [2.24, 2.45) is 0 Å². The van der Waals surface area contributed by atoms with Gasteiger partial charge in [-0.05, 0) is 25.1 Å². The lowest BCUT2D eigenvalue weighted by molar-refractivity contribution is -0.161. The molecule has 0 spiro atoms. The summed E-state index contributed by atoms with van der Waals surface area (Å²) >= 11 is 0. The van der Waals surface area contributed by atoms with Gasteiger partial charge in [-0.2, -0.15) is 13.2 Å². The molecule has 1 aromatic carbocycles. The topological polar surface area (TPSA) is 25.2 Å². The van der Waals surface area contributed by atoms with Crippen molar-refractivity contribution in [1.29, 1.82) is 0 Å². The second-order valence-electron chi connectivity index (χ2n) is 4.24. The van der Waals surface area contributed by atoms with Gasteiger partial charge >= 0.3 is 6.18 Å². The minimum Gasteiger partial charge on any atom is -0.456 e. The molecule has 2 aromatic rings. The number of halogens is 4. The van der Waals surface area contributed by atoms with Gasteiger partial charge in [0.25, 0.3) is 0 Å². The molecule has 1 aromatic heterocycles. The molecule has 0 aliphatic rings. The van der Waals surface area contributed by atoms with Crippen molar-refractivity contribution in [2.45, 2.75) is 25.6 Å². The van der Waals surface area contributed by atoms with Crippen LogP contribution < -0.4 is 5.32 Å². The number of alkyl halides is 3. The van der Waals surface area contributed by atoms with Gasteiger partial charge in [-0.15, -0.1) is 0 Å². The number of fused-ring (bicyclic) bond motifs is 1. The lowest BCUT2D eigenvalue weighted by atomic mass is 10.2. The molecule has 0 aliphatic heterocycles. The summed E-state index contributed by atoms with van der Waals surface area (Å²) in [5.41, 5.74) is -0.148. The second kappa shape index (κ2) is 5.21. The number of rotatable bonds is 4. The van der Waals surface area contributed by atoms with Gasteiger partial charge in [-0.1, -0.05) is 19.1 Å². The van der Waals surface area contributed by atoms with Gasteiger partial charge in [0, 0.05) is 5.39 Å². The Hall–Kier alpha value is -1.56. The highest BCUT2D eigenvalue weighted by atomic mass is 19.4. The van der Waals surface area contributed by atoms with Gasteiger partial charge < -0.3 is 4.42 Å². The Balaban J connectivity index is 2.41. The normalized spacial score (nSPS) is 13.9. The number of hydrogen-bond donors (Lipinski definition) is 1. The highest BCUT2D eigenvalue weighted by molar-refractivity contribution is 5.78. The summed E-state index contributed by atoms with van der Waals surface area (Å²) in [6.07, 6.45) is -3.93. The Labute approximate surface area is 107 Å². The number of nitrogens with one attached hydrogen (secondary N) is 1. The molecule has 0 saturated carbocycles. The third kappa shape index (κ3) is 2.89. The zero-order chi connectivity index (χ0) is 14.0. The van der Waals surface area contributed by atoms with E-state index in [1.165, 1.54) is 18.2 Å². The van der Waals surface area contributed by atoms with Gasteiger partial charge in [0.1, 0.15) is 5.76 Å². The van der Waals surface area contributed by atoms with Crippen molar-refractivity contribution in [3.63, 3.8) is 0 Å². The van der Waals surface area contributed by atoms with Crippen molar-refractivity contribution in [3.05, 3.63) is 35.8 Å². The summed E-state index contributed by atoms with van der Waals surface area (Å²) < 4.78 is 57.3. The summed E-state index contributed by atoms with van der Waals surface area (Å²) in [4.78, 5) is 0.